The highest BCUT2D eigenvalue weighted by Gasteiger charge is 2.20. The lowest BCUT2D eigenvalue weighted by Gasteiger charge is -2.12. The number of hydrogen-bond acceptors (Lipinski definition) is 2. The molecule has 104 valence electrons. The van der Waals surface area contributed by atoms with Crippen molar-refractivity contribution in [3.05, 3.63) is 46.9 Å². The molecule has 1 aromatic heterocycles. The summed E-state index contributed by atoms with van der Waals surface area (Å²) in [5.74, 6) is 0.176. The fraction of sp³-hybridized carbons (Fsp3) is 0.333. The Morgan fingerprint density at radius 2 is 1.95 bits per heavy atom. The summed E-state index contributed by atoms with van der Waals surface area (Å²) in [5.41, 5.74) is 2.65. The molecule has 1 aliphatic carbocycles. The number of hydrogen-bond donors (Lipinski definition) is 1. The first kappa shape index (κ1) is 12.8. The van der Waals surface area contributed by atoms with Crippen molar-refractivity contribution in [1.82, 2.24) is 9.78 Å². The van der Waals surface area contributed by atoms with Gasteiger partial charge in [0.25, 0.3) is 5.91 Å². The molecule has 1 amide bonds. The second-order valence-electron chi connectivity index (χ2n) is 5.07. The lowest BCUT2D eigenvalue weighted by molar-refractivity contribution is 0.102. The van der Waals surface area contributed by atoms with Crippen LogP contribution in [0.4, 0.5) is 10.2 Å². The molecule has 0 saturated heterocycles. The summed E-state index contributed by atoms with van der Waals surface area (Å²) in [6.07, 6.45) is 4.19. The molecular formula is C15H16FN3O. The van der Waals surface area contributed by atoms with Crippen LogP contribution in [0.5, 0.6) is 0 Å². The summed E-state index contributed by atoms with van der Waals surface area (Å²) in [7, 11) is 1.83. The highest BCUT2D eigenvalue weighted by Crippen LogP contribution is 2.27. The molecule has 0 unspecified atom stereocenters. The molecule has 5 heteroatoms. The van der Waals surface area contributed by atoms with Crippen molar-refractivity contribution in [2.75, 3.05) is 5.32 Å². The number of rotatable bonds is 2. The number of halogens is 1. The van der Waals surface area contributed by atoms with Crippen LogP contribution in [0.15, 0.2) is 24.3 Å². The van der Waals surface area contributed by atoms with Gasteiger partial charge >= 0.3 is 0 Å². The highest BCUT2D eigenvalue weighted by atomic mass is 19.1. The van der Waals surface area contributed by atoms with E-state index in [0.717, 1.165) is 42.8 Å². The van der Waals surface area contributed by atoms with Crippen molar-refractivity contribution in [1.29, 1.82) is 0 Å². The van der Waals surface area contributed by atoms with Crippen LogP contribution in [0.3, 0.4) is 0 Å². The minimum absolute atomic E-state index is 0.235. The molecule has 0 aliphatic heterocycles. The maximum atomic E-state index is 12.9. The summed E-state index contributed by atoms with van der Waals surface area (Å²) in [5, 5.41) is 7.35. The van der Waals surface area contributed by atoms with Gasteiger partial charge in [0.2, 0.25) is 0 Å². The van der Waals surface area contributed by atoms with Crippen LogP contribution in [0, 0.1) is 5.82 Å². The van der Waals surface area contributed by atoms with E-state index in [1.807, 2.05) is 7.05 Å². The Balaban J connectivity index is 1.86. The molecule has 1 heterocycles. The van der Waals surface area contributed by atoms with E-state index >= 15 is 0 Å². The normalized spacial score (nSPS) is 13.9. The van der Waals surface area contributed by atoms with Gasteiger partial charge in [0.15, 0.2) is 0 Å². The van der Waals surface area contributed by atoms with Crippen LogP contribution < -0.4 is 5.32 Å². The number of amides is 1. The monoisotopic (exact) mass is 273 g/mol. The first-order valence-electron chi connectivity index (χ1n) is 6.77. The zero-order valence-corrected chi connectivity index (χ0v) is 11.3. The number of nitrogens with zero attached hydrogens (tertiary/aromatic N) is 2. The molecule has 1 aliphatic rings. The quantitative estimate of drug-likeness (QED) is 0.914. The maximum absolute atomic E-state index is 12.9. The van der Waals surface area contributed by atoms with E-state index in [1.165, 1.54) is 24.3 Å². The second kappa shape index (κ2) is 5.07. The molecule has 4 nitrogen and oxygen atoms in total. The maximum Gasteiger partial charge on any atom is 0.256 e. The van der Waals surface area contributed by atoms with Crippen molar-refractivity contribution in [3.63, 3.8) is 0 Å². The first-order valence-corrected chi connectivity index (χ1v) is 6.77. The molecule has 0 radical (unpaired) electrons. The van der Waals surface area contributed by atoms with E-state index in [2.05, 4.69) is 10.4 Å². The van der Waals surface area contributed by atoms with Gasteiger partial charge < -0.3 is 5.32 Å². The minimum atomic E-state index is -0.348. The van der Waals surface area contributed by atoms with Gasteiger partial charge in [0.05, 0.1) is 5.69 Å². The number of nitrogens with one attached hydrogen (secondary N) is 1. The molecule has 0 saturated carbocycles. The fourth-order valence-corrected chi connectivity index (χ4v) is 2.62. The van der Waals surface area contributed by atoms with E-state index < -0.39 is 0 Å². The van der Waals surface area contributed by atoms with E-state index in [1.54, 1.807) is 4.68 Å². The number of anilines is 1. The van der Waals surface area contributed by atoms with Gasteiger partial charge in [-0.3, -0.25) is 9.48 Å². The minimum Gasteiger partial charge on any atom is -0.307 e. The van der Waals surface area contributed by atoms with Crippen LogP contribution in [0.25, 0.3) is 0 Å². The van der Waals surface area contributed by atoms with Crippen LogP contribution in [-0.2, 0) is 19.9 Å². The van der Waals surface area contributed by atoms with E-state index in [-0.39, 0.29) is 11.7 Å². The number of aromatic nitrogens is 2. The summed E-state index contributed by atoms with van der Waals surface area (Å²) >= 11 is 0. The standard InChI is InChI=1S/C15H16FN3O/c1-19-14(12-4-2-3-5-13(12)18-19)17-15(20)10-6-8-11(16)9-7-10/h6-9H,2-5H2,1H3,(H,17,20). The van der Waals surface area contributed by atoms with Gasteiger partial charge in [-0.15, -0.1) is 0 Å². The van der Waals surface area contributed by atoms with Crippen molar-refractivity contribution < 1.29 is 9.18 Å². The van der Waals surface area contributed by atoms with Crippen LogP contribution in [0.2, 0.25) is 0 Å². The Morgan fingerprint density at radius 3 is 2.70 bits per heavy atom. The van der Waals surface area contributed by atoms with Crippen molar-refractivity contribution in [2.45, 2.75) is 25.7 Å². The molecule has 2 aromatic rings. The smallest absolute Gasteiger partial charge is 0.256 e. The Labute approximate surface area is 116 Å². The second-order valence-corrected chi connectivity index (χ2v) is 5.07. The van der Waals surface area contributed by atoms with E-state index in [9.17, 15) is 9.18 Å². The number of benzene rings is 1. The predicted molar refractivity (Wildman–Crippen MR) is 74.2 cm³/mol. The van der Waals surface area contributed by atoms with Gasteiger partial charge in [-0.05, 0) is 49.9 Å². The molecule has 0 atom stereocenters. The lowest BCUT2D eigenvalue weighted by Crippen LogP contribution is -2.16. The average Bonchev–Trinajstić information content (AvgIpc) is 2.76. The van der Waals surface area contributed by atoms with Gasteiger partial charge in [0.1, 0.15) is 11.6 Å². The molecule has 0 spiro atoms. The number of carbonyl (C=O) groups excluding carboxylic acids is 1. The van der Waals surface area contributed by atoms with Crippen molar-refractivity contribution in [3.8, 4) is 0 Å². The highest BCUT2D eigenvalue weighted by molar-refractivity contribution is 6.04. The third-order valence-corrected chi connectivity index (χ3v) is 3.66. The van der Waals surface area contributed by atoms with Crippen LogP contribution in [-0.4, -0.2) is 15.7 Å². The number of fused-ring (bicyclic) bond motifs is 1. The SMILES string of the molecule is Cn1nc2c(c1NC(=O)c1ccc(F)cc1)CCCC2. The van der Waals surface area contributed by atoms with E-state index in [4.69, 9.17) is 0 Å². The summed E-state index contributed by atoms with van der Waals surface area (Å²) in [6.45, 7) is 0. The van der Waals surface area contributed by atoms with Gasteiger partial charge in [-0.25, -0.2) is 4.39 Å². The zero-order valence-electron chi connectivity index (χ0n) is 11.3. The Morgan fingerprint density at radius 1 is 1.25 bits per heavy atom. The Hall–Kier alpha value is -2.17. The average molecular weight is 273 g/mol. The Kier molecular flexibility index (Phi) is 3.26. The topological polar surface area (TPSA) is 46.9 Å². The number of aryl methyl sites for hydroxylation is 2. The van der Waals surface area contributed by atoms with Crippen LogP contribution >= 0.6 is 0 Å². The molecule has 1 N–H and O–H groups in total. The largest absolute Gasteiger partial charge is 0.307 e. The summed E-state index contributed by atoms with van der Waals surface area (Å²) in [6, 6.07) is 5.53. The molecular weight excluding hydrogens is 257 g/mol. The van der Waals surface area contributed by atoms with Gasteiger partial charge in [-0.2, -0.15) is 5.10 Å². The molecule has 3 rings (SSSR count). The van der Waals surface area contributed by atoms with Crippen molar-refractivity contribution >= 4 is 11.7 Å². The zero-order chi connectivity index (χ0) is 14.1. The number of carbonyl (C=O) groups is 1. The van der Waals surface area contributed by atoms with E-state index in [0.29, 0.717) is 5.56 Å². The van der Waals surface area contributed by atoms with Gasteiger partial charge in [0, 0.05) is 18.2 Å². The fourth-order valence-electron chi connectivity index (χ4n) is 2.62. The molecule has 0 bridgehead atoms. The van der Waals surface area contributed by atoms with Gasteiger partial charge in [-0.1, -0.05) is 0 Å². The predicted octanol–water partition coefficient (Wildman–Crippen LogP) is 2.69. The molecule has 1 aromatic carbocycles. The lowest BCUT2D eigenvalue weighted by atomic mass is 9.97. The third-order valence-electron chi connectivity index (χ3n) is 3.66. The molecule has 20 heavy (non-hydrogen) atoms. The van der Waals surface area contributed by atoms with Crippen LogP contribution in [0.1, 0.15) is 34.5 Å². The summed E-state index contributed by atoms with van der Waals surface area (Å²) < 4.78 is 14.6. The Bertz CT molecular complexity index is 646. The molecule has 0 fully saturated rings. The summed E-state index contributed by atoms with van der Waals surface area (Å²) in [4.78, 5) is 12.2. The van der Waals surface area contributed by atoms with Crippen molar-refractivity contribution in [2.24, 2.45) is 7.05 Å². The third kappa shape index (κ3) is 2.31. The first-order chi connectivity index (χ1) is 9.65.